The zero-order chi connectivity index (χ0) is 16.3. The van der Waals surface area contributed by atoms with E-state index >= 15 is 0 Å². The van der Waals surface area contributed by atoms with Crippen molar-refractivity contribution >= 4 is 5.78 Å². The van der Waals surface area contributed by atoms with E-state index in [1.165, 1.54) is 6.07 Å². The molecule has 3 nitrogen and oxygen atoms in total. The van der Waals surface area contributed by atoms with Gasteiger partial charge in [-0.05, 0) is 44.5 Å². The Morgan fingerprint density at radius 3 is 2.45 bits per heavy atom. The molecule has 0 fully saturated rings. The smallest absolute Gasteiger partial charge is 0.342 e. The summed E-state index contributed by atoms with van der Waals surface area (Å²) in [6.45, 7) is 6.76. The number of ketones is 1. The maximum atomic E-state index is 12.6. The molecule has 0 unspecified atom stereocenters. The van der Waals surface area contributed by atoms with Crippen molar-refractivity contribution in [3.05, 3.63) is 23.5 Å². The number of Topliss-reactive ketones (excluding diaryl/α,β-unsaturated/α-hetero) is 1. The number of hydrogen-bond acceptors (Lipinski definition) is 2. The summed E-state index contributed by atoms with van der Waals surface area (Å²) in [5.74, 6) is -1.74. The highest BCUT2D eigenvalue weighted by atomic mass is 19.4. The number of rotatable bonds is 6. The Kier molecular flexibility index (Phi) is 5.32. The third-order valence-corrected chi connectivity index (χ3v) is 4.23. The second kappa shape index (κ2) is 6.86. The first kappa shape index (κ1) is 17.1. The molecular weight excluding hydrogens is 293 g/mol. The predicted octanol–water partition coefficient (Wildman–Crippen LogP) is 3.67. The van der Waals surface area contributed by atoms with E-state index < -0.39 is 12.0 Å². The van der Waals surface area contributed by atoms with Crippen LogP contribution in [0.15, 0.2) is 12.1 Å². The standard InChI is InChI=1S/C16H23F3N2O/c1-3-8-20(9-4-2)12-7-10-21-13(11-12)5-6-14(21)15(22)16(17,18)19/h5-6,12H,3-4,7-11H2,1-2H3/t12-/m1/s1. The van der Waals surface area contributed by atoms with Crippen LogP contribution in [0, 0.1) is 0 Å². The topological polar surface area (TPSA) is 25.2 Å². The largest absolute Gasteiger partial charge is 0.456 e. The Morgan fingerprint density at radius 2 is 1.91 bits per heavy atom. The first-order chi connectivity index (χ1) is 10.4. The van der Waals surface area contributed by atoms with Crippen molar-refractivity contribution in [3.63, 3.8) is 0 Å². The molecule has 0 saturated carbocycles. The van der Waals surface area contributed by atoms with Crippen LogP contribution in [0.4, 0.5) is 13.2 Å². The average Bonchev–Trinajstić information content (AvgIpc) is 2.88. The number of alkyl halides is 3. The van der Waals surface area contributed by atoms with Crippen molar-refractivity contribution in [3.8, 4) is 0 Å². The van der Waals surface area contributed by atoms with Crippen LogP contribution in [0.2, 0.25) is 0 Å². The second-order valence-electron chi connectivity index (χ2n) is 5.87. The fourth-order valence-corrected chi connectivity index (χ4v) is 3.28. The van der Waals surface area contributed by atoms with Gasteiger partial charge in [-0.15, -0.1) is 0 Å². The highest BCUT2D eigenvalue weighted by Crippen LogP contribution is 2.27. The Labute approximate surface area is 129 Å². The van der Waals surface area contributed by atoms with Crippen molar-refractivity contribution < 1.29 is 18.0 Å². The Balaban J connectivity index is 2.16. The molecule has 0 aromatic carbocycles. The maximum absolute atomic E-state index is 12.6. The summed E-state index contributed by atoms with van der Waals surface area (Å²) in [4.78, 5) is 13.9. The van der Waals surface area contributed by atoms with Crippen molar-refractivity contribution in [2.75, 3.05) is 13.1 Å². The van der Waals surface area contributed by atoms with Gasteiger partial charge in [-0.1, -0.05) is 13.8 Å². The van der Waals surface area contributed by atoms with Gasteiger partial charge in [-0.25, -0.2) is 0 Å². The zero-order valence-electron chi connectivity index (χ0n) is 13.1. The van der Waals surface area contributed by atoms with Gasteiger partial charge in [0.2, 0.25) is 0 Å². The molecule has 1 aromatic rings. The quantitative estimate of drug-likeness (QED) is 0.748. The van der Waals surface area contributed by atoms with Crippen molar-refractivity contribution in [1.82, 2.24) is 9.47 Å². The van der Waals surface area contributed by atoms with E-state index in [-0.39, 0.29) is 5.69 Å². The van der Waals surface area contributed by atoms with Gasteiger partial charge < -0.3 is 4.57 Å². The van der Waals surface area contributed by atoms with Gasteiger partial charge in [-0.2, -0.15) is 13.2 Å². The van der Waals surface area contributed by atoms with Gasteiger partial charge in [0, 0.05) is 24.7 Å². The van der Waals surface area contributed by atoms with E-state index in [2.05, 4.69) is 18.7 Å². The van der Waals surface area contributed by atoms with Crippen LogP contribution in [0.1, 0.15) is 49.3 Å². The second-order valence-corrected chi connectivity index (χ2v) is 5.87. The van der Waals surface area contributed by atoms with Crippen molar-refractivity contribution in [2.24, 2.45) is 0 Å². The number of carbonyl (C=O) groups is 1. The predicted molar refractivity (Wildman–Crippen MR) is 79.1 cm³/mol. The van der Waals surface area contributed by atoms with Gasteiger partial charge in [0.05, 0.1) is 5.69 Å². The van der Waals surface area contributed by atoms with Gasteiger partial charge in [0.25, 0.3) is 5.78 Å². The summed E-state index contributed by atoms with van der Waals surface area (Å²) in [6, 6.07) is 3.34. The lowest BCUT2D eigenvalue weighted by molar-refractivity contribution is -0.0891. The number of halogens is 3. The van der Waals surface area contributed by atoms with Gasteiger partial charge in [0.1, 0.15) is 0 Å². The first-order valence-corrected chi connectivity index (χ1v) is 7.92. The van der Waals surface area contributed by atoms with E-state index in [0.717, 1.165) is 38.0 Å². The molecule has 0 saturated heterocycles. The molecule has 0 radical (unpaired) electrons. The van der Waals surface area contributed by atoms with Crippen LogP contribution >= 0.6 is 0 Å². The summed E-state index contributed by atoms with van der Waals surface area (Å²) in [5, 5.41) is 0. The molecule has 124 valence electrons. The minimum atomic E-state index is -4.80. The molecule has 0 aliphatic carbocycles. The lowest BCUT2D eigenvalue weighted by Gasteiger charge is -2.35. The number of aromatic nitrogens is 1. The molecule has 0 spiro atoms. The number of fused-ring (bicyclic) bond motifs is 1. The average molecular weight is 316 g/mol. The normalized spacial score (nSPS) is 18.5. The molecule has 1 aliphatic rings. The number of nitrogens with zero attached hydrogens (tertiary/aromatic N) is 2. The molecule has 1 aliphatic heterocycles. The summed E-state index contributed by atoms with van der Waals surface area (Å²) in [7, 11) is 0. The van der Waals surface area contributed by atoms with E-state index in [4.69, 9.17) is 0 Å². The highest BCUT2D eigenvalue weighted by Gasteiger charge is 2.41. The van der Waals surface area contributed by atoms with E-state index in [0.29, 0.717) is 19.0 Å². The highest BCUT2D eigenvalue weighted by molar-refractivity contribution is 5.99. The zero-order valence-corrected chi connectivity index (χ0v) is 13.1. The van der Waals surface area contributed by atoms with Crippen LogP contribution in [-0.2, 0) is 13.0 Å². The third kappa shape index (κ3) is 3.54. The summed E-state index contributed by atoms with van der Waals surface area (Å²) in [5.41, 5.74) is 0.611. The molecule has 2 rings (SSSR count). The van der Waals surface area contributed by atoms with Crippen molar-refractivity contribution in [1.29, 1.82) is 0 Å². The van der Waals surface area contributed by atoms with Crippen LogP contribution in [0.3, 0.4) is 0 Å². The van der Waals surface area contributed by atoms with Crippen LogP contribution in [0.5, 0.6) is 0 Å². The molecule has 0 bridgehead atoms. The molecule has 6 heteroatoms. The fraction of sp³-hybridized carbons (Fsp3) is 0.688. The monoisotopic (exact) mass is 316 g/mol. The Bertz CT molecular complexity index is 516. The van der Waals surface area contributed by atoms with Crippen LogP contribution in [-0.4, -0.2) is 40.6 Å². The Hall–Kier alpha value is -1.30. The Morgan fingerprint density at radius 1 is 1.27 bits per heavy atom. The maximum Gasteiger partial charge on any atom is 0.456 e. The molecule has 0 N–H and O–H groups in total. The number of carbonyl (C=O) groups excluding carboxylic acids is 1. The lowest BCUT2D eigenvalue weighted by atomic mass is 10.0. The molecule has 22 heavy (non-hydrogen) atoms. The summed E-state index contributed by atoms with van der Waals surface area (Å²) in [6.07, 6.45) is -1.17. The SMILES string of the molecule is CCCN(CCC)[C@@H]1CCn2c(ccc2C(=O)C(F)(F)F)C1. The minimum Gasteiger partial charge on any atom is -0.342 e. The third-order valence-electron chi connectivity index (χ3n) is 4.23. The fourth-order valence-electron chi connectivity index (χ4n) is 3.28. The van der Waals surface area contributed by atoms with Gasteiger partial charge in [0.15, 0.2) is 0 Å². The molecule has 1 atom stereocenters. The number of hydrogen-bond donors (Lipinski definition) is 0. The lowest BCUT2D eigenvalue weighted by Crippen LogP contribution is -2.42. The van der Waals surface area contributed by atoms with Crippen LogP contribution < -0.4 is 0 Å². The molecule has 2 heterocycles. The van der Waals surface area contributed by atoms with Gasteiger partial charge >= 0.3 is 6.18 Å². The minimum absolute atomic E-state index is 0.224. The summed E-state index contributed by atoms with van der Waals surface area (Å²) >= 11 is 0. The van der Waals surface area contributed by atoms with E-state index in [9.17, 15) is 18.0 Å². The molecule has 0 amide bonds. The molecular formula is C16H23F3N2O. The summed E-state index contributed by atoms with van der Waals surface area (Å²) < 4.78 is 39.4. The van der Waals surface area contributed by atoms with Crippen LogP contribution in [0.25, 0.3) is 0 Å². The van der Waals surface area contributed by atoms with E-state index in [1.54, 1.807) is 10.6 Å². The van der Waals surface area contributed by atoms with Gasteiger partial charge in [-0.3, -0.25) is 9.69 Å². The van der Waals surface area contributed by atoms with Crippen molar-refractivity contribution in [2.45, 2.75) is 58.3 Å². The molecule has 1 aromatic heterocycles. The first-order valence-electron chi connectivity index (χ1n) is 7.92. The van der Waals surface area contributed by atoms with E-state index in [1.807, 2.05) is 0 Å².